The van der Waals surface area contributed by atoms with Gasteiger partial charge in [-0.25, -0.2) is 0 Å². The number of hydrogen-bond donors (Lipinski definition) is 1. The minimum atomic E-state index is -0.354. The second-order valence-electron chi connectivity index (χ2n) is 5.46. The quantitative estimate of drug-likeness (QED) is 0.868. The number of halogens is 1. The lowest BCUT2D eigenvalue weighted by Crippen LogP contribution is -2.25. The molecule has 0 heterocycles. The number of aliphatic hydroxyl groups is 1. The van der Waals surface area contributed by atoms with Crippen LogP contribution >= 0.6 is 15.9 Å². The molecular weight excluding hydrogens is 304 g/mol. The first-order chi connectivity index (χ1) is 9.17. The first-order valence-corrected chi connectivity index (χ1v) is 7.98. The predicted octanol–water partition coefficient (Wildman–Crippen LogP) is 4.71. The molecule has 1 aromatic rings. The Kier molecular flexibility index (Phi) is 5.28. The third-order valence-corrected chi connectivity index (χ3v) is 5.03. The van der Waals surface area contributed by atoms with Crippen molar-refractivity contribution in [3.63, 3.8) is 0 Å². The molecule has 0 aromatic heterocycles. The third-order valence-electron chi connectivity index (χ3n) is 4.42. The number of rotatable bonds is 4. The van der Waals surface area contributed by atoms with E-state index >= 15 is 0 Å². The number of aliphatic hydroxyl groups excluding tert-OH is 1. The monoisotopic (exact) mass is 326 g/mol. The van der Waals surface area contributed by atoms with Crippen molar-refractivity contribution in [1.29, 1.82) is 0 Å². The lowest BCUT2D eigenvalue weighted by Gasteiger charge is -2.34. The van der Waals surface area contributed by atoms with Crippen molar-refractivity contribution in [2.75, 3.05) is 7.11 Å². The van der Waals surface area contributed by atoms with Crippen molar-refractivity contribution in [3.05, 3.63) is 28.2 Å². The van der Waals surface area contributed by atoms with Gasteiger partial charge in [0, 0.05) is 0 Å². The van der Waals surface area contributed by atoms with E-state index in [9.17, 15) is 5.11 Å². The minimum Gasteiger partial charge on any atom is -0.496 e. The van der Waals surface area contributed by atoms with Crippen molar-refractivity contribution < 1.29 is 9.84 Å². The zero-order valence-corrected chi connectivity index (χ0v) is 13.3. The standard InChI is InChI=1S/C16H23BrO2/c1-3-11-6-4-5-7-13(11)16(18)12-8-9-15(19-2)14(17)10-12/h8-11,13,16,18H,3-7H2,1-2H3. The van der Waals surface area contributed by atoms with Crippen LogP contribution in [0.2, 0.25) is 0 Å². The molecule has 1 fully saturated rings. The van der Waals surface area contributed by atoms with Crippen LogP contribution in [0.5, 0.6) is 5.75 Å². The SMILES string of the molecule is CCC1CCCCC1C(O)c1ccc(OC)c(Br)c1. The molecule has 1 N–H and O–H groups in total. The van der Waals surface area contributed by atoms with Gasteiger partial charge in [-0.15, -0.1) is 0 Å². The summed E-state index contributed by atoms with van der Waals surface area (Å²) < 4.78 is 6.15. The molecular formula is C16H23BrO2. The van der Waals surface area contributed by atoms with Crippen molar-refractivity contribution in [1.82, 2.24) is 0 Å². The maximum Gasteiger partial charge on any atom is 0.133 e. The molecule has 0 saturated heterocycles. The van der Waals surface area contributed by atoms with Crippen LogP contribution in [0.15, 0.2) is 22.7 Å². The van der Waals surface area contributed by atoms with Crippen LogP contribution in [0.25, 0.3) is 0 Å². The van der Waals surface area contributed by atoms with Crippen molar-refractivity contribution >= 4 is 15.9 Å². The highest BCUT2D eigenvalue weighted by Gasteiger charge is 2.30. The topological polar surface area (TPSA) is 29.5 Å². The molecule has 3 atom stereocenters. The number of hydrogen-bond acceptors (Lipinski definition) is 2. The fourth-order valence-electron chi connectivity index (χ4n) is 3.27. The summed E-state index contributed by atoms with van der Waals surface area (Å²) in [4.78, 5) is 0. The molecule has 2 rings (SSSR count). The predicted molar refractivity (Wildman–Crippen MR) is 81.4 cm³/mol. The van der Waals surface area contributed by atoms with Crippen molar-refractivity contribution in [2.45, 2.75) is 45.1 Å². The largest absolute Gasteiger partial charge is 0.496 e. The van der Waals surface area contributed by atoms with Gasteiger partial charge in [-0.05, 0) is 51.9 Å². The minimum absolute atomic E-state index is 0.354. The second-order valence-corrected chi connectivity index (χ2v) is 6.31. The molecule has 3 unspecified atom stereocenters. The van der Waals surface area contributed by atoms with E-state index in [2.05, 4.69) is 22.9 Å². The zero-order valence-electron chi connectivity index (χ0n) is 11.7. The lowest BCUT2D eigenvalue weighted by atomic mass is 9.73. The van der Waals surface area contributed by atoms with Crippen LogP contribution in [0.1, 0.15) is 50.7 Å². The van der Waals surface area contributed by atoms with Crippen LogP contribution in [0.4, 0.5) is 0 Å². The molecule has 0 amide bonds. The smallest absolute Gasteiger partial charge is 0.133 e. The van der Waals surface area contributed by atoms with Gasteiger partial charge in [0.15, 0.2) is 0 Å². The Balaban J connectivity index is 2.17. The van der Waals surface area contributed by atoms with Gasteiger partial charge in [-0.1, -0.05) is 38.7 Å². The van der Waals surface area contributed by atoms with Gasteiger partial charge < -0.3 is 9.84 Å². The summed E-state index contributed by atoms with van der Waals surface area (Å²) in [6, 6.07) is 5.90. The van der Waals surface area contributed by atoms with E-state index in [4.69, 9.17) is 4.74 Å². The average molecular weight is 327 g/mol. The Labute approximate surface area is 124 Å². The van der Waals surface area contributed by atoms with E-state index in [0.717, 1.165) is 22.2 Å². The Bertz CT molecular complexity index is 419. The summed E-state index contributed by atoms with van der Waals surface area (Å²) >= 11 is 3.50. The Morgan fingerprint density at radius 3 is 2.74 bits per heavy atom. The van der Waals surface area contributed by atoms with E-state index in [1.54, 1.807) is 7.11 Å². The normalized spacial score (nSPS) is 25.1. The summed E-state index contributed by atoms with van der Waals surface area (Å²) in [6.07, 6.45) is 5.77. The van der Waals surface area contributed by atoms with Crippen LogP contribution < -0.4 is 4.74 Å². The van der Waals surface area contributed by atoms with Crippen molar-refractivity contribution in [2.24, 2.45) is 11.8 Å². The first kappa shape index (κ1) is 14.9. The molecule has 2 nitrogen and oxygen atoms in total. The molecule has 19 heavy (non-hydrogen) atoms. The summed E-state index contributed by atoms with van der Waals surface area (Å²) in [5, 5.41) is 10.7. The molecule has 0 aliphatic heterocycles. The van der Waals surface area contributed by atoms with Gasteiger partial charge in [-0.2, -0.15) is 0 Å². The molecule has 1 aliphatic carbocycles. The second kappa shape index (κ2) is 6.76. The Hall–Kier alpha value is -0.540. The fourth-order valence-corrected chi connectivity index (χ4v) is 3.83. The summed E-state index contributed by atoms with van der Waals surface area (Å²) in [5.74, 6) is 1.87. The number of methoxy groups -OCH3 is 1. The van der Waals surface area contributed by atoms with Crippen LogP contribution in [-0.4, -0.2) is 12.2 Å². The van der Waals surface area contributed by atoms with Crippen LogP contribution in [0.3, 0.4) is 0 Å². The summed E-state index contributed by atoms with van der Waals surface area (Å²) in [5.41, 5.74) is 0.998. The van der Waals surface area contributed by atoms with E-state index in [0.29, 0.717) is 11.8 Å². The summed E-state index contributed by atoms with van der Waals surface area (Å²) in [7, 11) is 1.66. The first-order valence-electron chi connectivity index (χ1n) is 7.18. The van der Waals surface area contributed by atoms with Crippen LogP contribution in [-0.2, 0) is 0 Å². The van der Waals surface area contributed by atoms with Crippen molar-refractivity contribution in [3.8, 4) is 5.75 Å². The van der Waals surface area contributed by atoms with E-state index < -0.39 is 0 Å². The van der Waals surface area contributed by atoms with Gasteiger partial charge in [0.1, 0.15) is 5.75 Å². The molecule has 0 spiro atoms. The van der Waals surface area contributed by atoms with Gasteiger partial charge in [0.25, 0.3) is 0 Å². The molecule has 106 valence electrons. The highest BCUT2D eigenvalue weighted by Crippen LogP contribution is 2.41. The molecule has 0 bridgehead atoms. The van der Waals surface area contributed by atoms with Gasteiger partial charge >= 0.3 is 0 Å². The van der Waals surface area contributed by atoms with Gasteiger partial charge in [0.2, 0.25) is 0 Å². The van der Waals surface area contributed by atoms with E-state index in [1.165, 1.54) is 25.7 Å². The van der Waals surface area contributed by atoms with Gasteiger partial charge in [-0.3, -0.25) is 0 Å². The molecule has 1 aliphatic rings. The van der Waals surface area contributed by atoms with E-state index in [1.807, 2.05) is 18.2 Å². The maximum absolute atomic E-state index is 10.7. The summed E-state index contributed by atoms with van der Waals surface area (Å²) in [6.45, 7) is 2.24. The molecule has 0 radical (unpaired) electrons. The fraction of sp³-hybridized carbons (Fsp3) is 0.625. The molecule has 1 saturated carbocycles. The third kappa shape index (κ3) is 3.32. The van der Waals surface area contributed by atoms with Gasteiger partial charge in [0.05, 0.1) is 17.7 Å². The van der Waals surface area contributed by atoms with Crippen LogP contribution in [0, 0.1) is 11.8 Å². The lowest BCUT2D eigenvalue weighted by molar-refractivity contribution is 0.0451. The Morgan fingerprint density at radius 2 is 2.11 bits per heavy atom. The molecule has 3 heteroatoms. The maximum atomic E-state index is 10.7. The highest BCUT2D eigenvalue weighted by atomic mass is 79.9. The zero-order chi connectivity index (χ0) is 13.8. The van der Waals surface area contributed by atoms with E-state index in [-0.39, 0.29) is 6.10 Å². The molecule has 1 aromatic carbocycles. The number of benzene rings is 1. The average Bonchev–Trinajstić information content (AvgIpc) is 2.46. The highest BCUT2D eigenvalue weighted by molar-refractivity contribution is 9.10. The Morgan fingerprint density at radius 1 is 1.37 bits per heavy atom. The number of ether oxygens (including phenoxy) is 1.